The van der Waals surface area contributed by atoms with Gasteiger partial charge >= 0.3 is 0 Å². The van der Waals surface area contributed by atoms with Gasteiger partial charge in [-0.2, -0.15) is 0 Å². The predicted octanol–water partition coefficient (Wildman–Crippen LogP) is 3.06. The number of hydrogen-bond donors (Lipinski definition) is 1. The van der Waals surface area contributed by atoms with Crippen molar-refractivity contribution in [1.82, 2.24) is 14.8 Å². The summed E-state index contributed by atoms with van der Waals surface area (Å²) in [6, 6.07) is 5.52. The summed E-state index contributed by atoms with van der Waals surface area (Å²) in [5.74, 6) is 0.965. The first kappa shape index (κ1) is 18.3. The molecule has 1 fully saturated rings. The van der Waals surface area contributed by atoms with Crippen LogP contribution in [-0.2, 0) is 6.54 Å². The van der Waals surface area contributed by atoms with Gasteiger partial charge in [-0.15, -0.1) is 0 Å². The van der Waals surface area contributed by atoms with Gasteiger partial charge in [0.05, 0.1) is 5.56 Å². The molecule has 140 valence electrons. The highest BCUT2D eigenvalue weighted by molar-refractivity contribution is 5.96. The van der Waals surface area contributed by atoms with Gasteiger partial charge < -0.3 is 19.2 Å². The summed E-state index contributed by atoms with van der Waals surface area (Å²) in [6.07, 6.45) is 1.51. The summed E-state index contributed by atoms with van der Waals surface area (Å²) in [4.78, 5) is 26.9. The summed E-state index contributed by atoms with van der Waals surface area (Å²) >= 11 is 0. The van der Waals surface area contributed by atoms with Crippen LogP contribution in [0.15, 0.2) is 22.6 Å². The van der Waals surface area contributed by atoms with Gasteiger partial charge in [-0.05, 0) is 58.7 Å². The van der Waals surface area contributed by atoms with Crippen LogP contribution in [0.3, 0.4) is 0 Å². The lowest BCUT2D eigenvalue weighted by molar-refractivity contribution is 0.0695. The van der Waals surface area contributed by atoms with E-state index >= 15 is 0 Å². The van der Waals surface area contributed by atoms with Crippen LogP contribution in [0.4, 0.5) is 0 Å². The predicted molar refractivity (Wildman–Crippen MR) is 99.4 cm³/mol. The minimum atomic E-state index is -0.186. The largest absolute Gasteiger partial charge is 0.456 e. The Bertz CT molecular complexity index is 810. The molecule has 1 aliphatic rings. The summed E-state index contributed by atoms with van der Waals surface area (Å²) in [5.41, 5.74) is 2.93. The summed E-state index contributed by atoms with van der Waals surface area (Å²) in [6.45, 7) is 10.1. The van der Waals surface area contributed by atoms with E-state index in [1.54, 1.807) is 12.1 Å². The van der Waals surface area contributed by atoms with Gasteiger partial charge in [-0.3, -0.25) is 9.59 Å². The maximum absolute atomic E-state index is 12.9. The number of nitrogens with one attached hydrogen (secondary N) is 1. The van der Waals surface area contributed by atoms with Crippen LogP contribution in [-0.4, -0.2) is 40.4 Å². The molecule has 0 unspecified atom stereocenters. The molecule has 0 spiro atoms. The molecule has 26 heavy (non-hydrogen) atoms. The van der Waals surface area contributed by atoms with Crippen molar-refractivity contribution in [3.05, 3.63) is 46.7 Å². The van der Waals surface area contributed by atoms with E-state index in [0.29, 0.717) is 18.8 Å². The molecule has 0 atom stereocenters. The number of carbonyl (C=O) groups is 2. The molecule has 1 saturated heterocycles. The zero-order chi connectivity index (χ0) is 18.8. The Balaban J connectivity index is 1.58. The quantitative estimate of drug-likeness (QED) is 0.914. The van der Waals surface area contributed by atoms with E-state index in [1.165, 1.54) is 0 Å². The van der Waals surface area contributed by atoms with E-state index in [0.717, 1.165) is 42.1 Å². The van der Waals surface area contributed by atoms with E-state index in [1.807, 2.05) is 31.7 Å². The van der Waals surface area contributed by atoms with Crippen molar-refractivity contribution in [2.45, 2.75) is 53.1 Å². The second kappa shape index (κ2) is 7.40. The van der Waals surface area contributed by atoms with Gasteiger partial charge in [0.2, 0.25) is 0 Å². The zero-order valence-corrected chi connectivity index (χ0v) is 16.0. The molecule has 0 aromatic carbocycles. The molecule has 0 radical (unpaired) electrons. The van der Waals surface area contributed by atoms with Gasteiger partial charge in [-0.1, -0.05) is 0 Å². The molecule has 6 heteroatoms. The zero-order valence-electron chi connectivity index (χ0n) is 16.0. The first-order valence-electron chi connectivity index (χ1n) is 9.24. The Morgan fingerprint density at radius 3 is 2.42 bits per heavy atom. The molecule has 3 rings (SSSR count). The minimum Gasteiger partial charge on any atom is -0.456 e. The third kappa shape index (κ3) is 3.54. The lowest BCUT2D eigenvalue weighted by Crippen LogP contribution is -2.46. The second-order valence-electron chi connectivity index (χ2n) is 6.98. The first-order valence-corrected chi connectivity index (χ1v) is 9.24. The highest BCUT2D eigenvalue weighted by Gasteiger charge is 2.27. The standard InChI is InChI=1S/C20H27N3O3/c1-5-23-13(2)12-17(15(23)4)20(25)22-10-8-16(9-11-22)21-19(24)18-7-6-14(3)26-18/h6-7,12,16H,5,8-11H2,1-4H3,(H,21,24). The topological polar surface area (TPSA) is 67.5 Å². The first-order chi connectivity index (χ1) is 12.4. The molecule has 0 bridgehead atoms. The number of rotatable bonds is 4. The number of furan rings is 1. The minimum absolute atomic E-state index is 0.0695. The molecule has 3 heterocycles. The number of aromatic nitrogens is 1. The van der Waals surface area contributed by atoms with Gasteiger partial charge in [0.15, 0.2) is 5.76 Å². The van der Waals surface area contributed by atoms with Gasteiger partial charge in [-0.25, -0.2) is 0 Å². The second-order valence-corrected chi connectivity index (χ2v) is 6.98. The van der Waals surface area contributed by atoms with Crippen LogP contribution in [0.5, 0.6) is 0 Å². The maximum Gasteiger partial charge on any atom is 0.287 e. The van der Waals surface area contributed by atoms with Crippen LogP contribution >= 0.6 is 0 Å². The van der Waals surface area contributed by atoms with Crippen molar-refractivity contribution >= 4 is 11.8 Å². The van der Waals surface area contributed by atoms with Crippen molar-refractivity contribution in [1.29, 1.82) is 0 Å². The molecular weight excluding hydrogens is 330 g/mol. The van der Waals surface area contributed by atoms with Crippen molar-refractivity contribution in [2.24, 2.45) is 0 Å². The van der Waals surface area contributed by atoms with Crippen LogP contribution < -0.4 is 5.32 Å². The molecule has 1 aliphatic heterocycles. The van der Waals surface area contributed by atoms with Crippen LogP contribution in [0.1, 0.15) is 57.8 Å². The third-order valence-corrected chi connectivity index (χ3v) is 5.20. The summed E-state index contributed by atoms with van der Waals surface area (Å²) in [7, 11) is 0. The number of piperidine rings is 1. The van der Waals surface area contributed by atoms with Crippen LogP contribution in [0, 0.1) is 20.8 Å². The van der Waals surface area contributed by atoms with Gasteiger partial charge in [0.1, 0.15) is 5.76 Å². The van der Waals surface area contributed by atoms with Crippen molar-refractivity contribution in [3.8, 4) is 0 Å². The average Bonchev–Trinajstić information content (AvgIpc) is 3.18. The molecule has 1 N–H and O–H groups in total. The monoisotopic (exact) mass is 357 g/mol. The number of amides is 2. The average molecular weight is 357 g/mol. The normalized spacial score (nSPS) is 15.3. The van der Waals surface area contributed by atoms with Crippen molar-refractivity contribution < 1.29 is 14.0 Å². The van der Waals surface area contributed by atoms with E-state index in [9.17, 15) is 9.59 Å². The van der Waals surface area contributed by atoms with Crippen molar-refractivity contribution in [2.75, 3.05) is 13.1 Å². The third-order valence-electron chi connectivity index (χ3n) is 5.20. The molecule has 2 aromatic rings. The highest BCUT2D eigenvalue weighted by atomic mass is 16.3. The van der Waals surface area contributed by atoms with Crippen molar-refractivity contribution in [3.63, 3.8) is 0 Å². The summed E-state index contributed by atoms with van der Waals surface area (Å²) in [5, 5.41) is 3.01. The van der Waals surface area contributed by atoms with Gasteiger partial charge in [0.25, 0.3) is 11.8 Å². The number of aryl methyl sites for hydroxylation is 2. The fourth-order valence-electron chi connectivity index (χ4n) is 3.71. The number of nitrogens with zero attached hydrogens (tertiary/aromatic N) is 2. The smallest absolute Gasteiger partial charge is 0.287 e. The molecule has 0 saturated carbocycles. The summed E-state index contributed by atoms with van der Waals surface area (Å²) < 4.78 is 7.52. The molecule has 2 amide bonds. The highest BCUT2D eigenvalue weighted by Crippen LogP contribution is 2.20. The molecular formula is C20H27N3O3. The van der Waals surface area contributed by atoms with E-state index in [2.05, 4.69) is 16.8 Å². The van der Waals surface area contributed by atoms with E-state index < -0.39 is 0 Å². The van der Waals surface area contributed by atoms with E-state index in [4.69, 9.17) is 4.42 Å². The molecule has 0 aliphatic carbocycles. The Hall–Kier alpha value is -2.50. The number of carbonyl (C=O) groups excluding carboxylic acids is 2. The number of likely N-dealkylation sites (tertiary alicyclic amines) is 1. The molecule has 6 nitrogen and oxygen atoms in total. The Morgan fingerprint density at radius 1 is 1.19 bits per heavy atom. The fraction of sp³-hybridized carbons (Fsp3) is 0.500. The maximum atomic E-state index is 12.9. The lowest BCUT2D eigenvalue weighted by atomic mass is 10.0. The Kier molecular flexibility index (Phi) is 5.20. The number of hydrogen-bond acceptors (Lipinski definition) is 3. The van der Waals surface area contributed by atoms with E-state index in [-0.39, 0.29) is 17.9 Å². The fourth-order valence-corrected chi connectivity index (χ4v) is 3.71. The van der Waals surface area contributed by atoms with Gasteiger partial charge in [0, 0.05) is 37.1 Å². The Labute approximate surface area is 154 Å². The SMILES string of the molecule is CCn1c(C)cc(C(=O)N2CCC(NC(=O)c3ccc(C)o3)CC2)c1C. The Morgan fingerprint density at radius 2 is 1.88 bits per heavy atom. The van der Waals surface area contributed by atoms with Crippen LogP contribution in [0.25, 0.3) is 0 Å². The molecule has 2 aromatic heterocycles. The van der Waals surface area contributed by atoms with Crippen LogP contribution in [0.2, 0.25) is 0 Å². The lowest BCUT2D eigenvalue weighted by Gasteiger charge is -2.32.